The molecule has 1 aliphatic carbocycles. The molecule has 4 heteroatoms. The van der Waals surface area contributed by atoms with Gasteiger partial charge in [0, 0.05) is 6.04 Å². The fraction of sp³-hybridized carbons (Fsp3) is 1.00. The van der Waals surface area contributed by atoms with Crippen LogP contribution in [0.25, 0.3) is 0 Å². The van der Waals surface area contributed by atoms with Crippen molar-refractivity contribution in [3.63, 3.8) is 0 Å². The van der Waals surface area contributed by atoms with Gasteiger partial charge < -0.3 is 5.73 Å². The molecule has 0 aromatic heterocycles. The molecule has 3 nitrogen and oxygen atoms in total. The highest BCUT2D eigenvalue weighted by molar-refractivity contribution is 7.92. The summed E-state index contributed by atoms with van der Waals surface area (Å²) in [6.07, 6.45) is 4.52. The minimum absolute atomic E-state index is 0.263. The molecule has 0 spiro atoms. The maximum Gasteiger partial charge on any atom is 0.154 e. The van der Waals surface area contributed by atoms with Gasteiger partial charge in [0.25, 0.3) is 0 Å². The largest absolute Gasteiger partial charge is 0.327 e. The van der Waals surface area contributed by atoms with Gasteiger partial charge in [0.2, 0.25) is 0 Å². The predicted molar refractivity (Wildman–Crippen MR) is 58.9 cm³/mol. The van der Waals surface area contributed by atoms with Crippen molar-refractivity contribution >= 4 is 9.84 Å². The first-order chi connectivity index (χ1) is 6.43. The lowest BCUT2D eigenvalue weighted by Gasteiger charge is -2.18. The van der Waals surface area contributed by atoms with Crippen molar-refractivity contribution in [1.29, 1.82) is 0 Å². The van der Waals surface area contributed by atoms with Crippen molar-refractivity contribution in [1.82, 2.24) is 0 Å². The van der Waals surface area contributed by atoms with Crippen molar-refractivity contribution < 1.29 is 8.42 Å². The standard InChI is InChI=1S/C10H21NO2S/c1-8(11)9(2)14(12,13)7-10-5-3-4-6-10/h8-10H,3-7,11H2,1-2H3. The molecule has 1 fully saturated rings. The molecule has 0 aromatic rings. The first-order valence-electron chi connectivity index (χ1n) is 5.40. The maximum absolute atomic E-state index is 11.8. The number of hydrogen-bond acceptors (Lipinski definition) is 3. The minimum Gasteiger partial charge on any atom is -0.327 e. The average molecular weight is 219 g/mol. The van der Waals surface area contributed by atoms with Crippen molar-refractivity contribution in [2.24, 2.45) is 11.7 Å². The highest BCUT2D eigenvalue weighted by Gasteiger charge is 2.28. The van der Waals surface area contributed by atoms with Gasteiger partial charge in [-0.2, -0.15) is 0 Å². The Morgan fingerprint density at radius 1 is 1.29 bits per heavy atom. The third kappa shape index (κ3) is 2.95. The van der Waals surface area contributed by atoms with Gasteiger partial charge in [-0.05, 0) is 32.6 Å². The zero-order valence-electron chi connectivity index (χ0n) is 9.07. The quantitative estimate of drug-likeness (QED) is 0.776. The topological polar surface area (TPSA) is 60.2 Å². The lowest BCUT2D eigenvalue weighted by Crippen LogP contribution is -2.38. The van der Waals surface area contributed by atoms with Gasteiger partial charge in [-0.25, -0.2) is 8.42 Å². The molecule has 0 aromatic carbocycles. The SMILES string of the molecule is CC(N)C(C)S(=O)(=O)CC1CCCC1. The second kappa shape index (κ2) is 4.62. The van der Waals surface area contributed by atoms with Crippen LogP contribution in [0.2, 0.25) is 0 Å². The summed E-state index contributed by atoms with van der Waals surface area (Å²) < 4.78 is 23.7. The number of sulfone groups is 1. The summed E-state index contributed by atoms with van der Waals surface area (Å²) in [6.45, 7) is 3.48. The Hall–Kier alpha value is -0.0900. The van der Waals surface area contributed by atoms with Crippen LogP contribution >= 0.6 is 0 Å². The second-order valence-corrected chi connectivity index (χ2v) is 6.95. The molecule has 0 aliphatic heterocycles. The van der Waals surface area contributed by atoms with Crippen LogP contribution in [0.4, 0.5) is 0 Å². The van der Waals surface area contributed by atoms with E-state index in [0.717, 1.165) is 12.8 Å². The fourth-order valence-corrected chi connectivity index (χ4v) is 3.93. The molecule has 0 bridgehead atoms. The van der Waals surface area contributed by atoms with Gasteiger partial charge in [-0.1, -0.05) is 12.8 Å². The average Bonchev–Trinajstić information content (AvgIpc) is 2.54. The van der Waals surface area contributed by atoms with Crippen LogP contribution in [0, 0.1) is 5.92 Å². The molecule has 2 unspecified atom stereocenters. The van der Waals surface area contributed by atoms with E-state index in [1.807, 2.05) is 0 Å². The van der Waals surface area contributed by atoms with E-state index in [0.29, 0.717) is 11.7 Å². The molecule has 0 heterocycles. The first kappa shape index (κ1) is 12.0. The number of hydrogen-bond donors (Lipinski definition) is 1. The van der Waals surface area contributed by atoms with Crippen molar-refractivity contribution in [3.05, 3.63) is 0 Å². The zero-order valence-corrected chi connectivity index (χ0v) is 9.89. The third-order valence-corrected chi connectivity index (χ3v) is 5.75. The van der Waals surface area contributed by atoms with Crippen molar-refractivity contribution in [2.45, 2.75) is 50.8 Å². The van der Waals surface area contributed by atoms with Crippen LogP contribution in [0.1, 0.15) is 39.5 Å². The Labute approximate surface area is 87.0 Å². The second-order valence-electron chi connectivity index (χ2n) is 4.54. The molecule has 1 saturated carbocycles. The van der Waals surface area contributed by atoms with Gasteiger partial charge in [-0.15, -0.1) is 0 Å². The summed E-state index contributed by atoms with van der Waals surface area (Å²) in [5.41, 5.74) is 5.62. The van der Waals surface area contributed by atoms with E-state index in [-0.39, 0.29) is 6.04 Å². The molecular formula is C10H21NO2S. The van der Waals surface area contributed by atoms with Gasteiger partial charge in [-0.3, -0.25) is 0 Å². The number of nitrogens with two attached hydrogens (primary N) is 1. The Balaban J connectivity index is 2.56. The van der Waals surface area contributed by atoms with Gasteiger partial charge in [0.05, 0.1) is 11.0 Å². The smallest absolute Gasteiger partial charge is 0.154 e. The van der Waals surface area contributed by atoms with E-state index >= 15 is 0 Å². The summed E-state index contributed by atoms with van der Waals surface area (Å²) in [7, 11) is -2.97. The first-order valence-corrected chi connectivity index (χ1v) is 7.12. The Morgan fingerprint density at radius 2 is 1.79 bits per heavy atom. The predicted octanol–water partition coefficient (Wildman–Crippen LogP) is 1.33. The summed E-state index contributed by atoms with van der Waals surface area (Å²) >= 11 is 0. The zero-order chi connectivity index (χ0) is 10.8. The van der Waals surface area contributed by atoms with Gasteiger partial charge >= 0.3 is 0 Å². The maximum atomic E-state index is 11.8. The van der Waals surface area contributed by atoms with Crippen LogP contribution in [0.5, 0.6) is 0 Å². The summed E-state index contributed by atoms with van der Waals surface area (Å²) in [6, 6.07) is -0.263. The van der Waals surface area contributed by atoms with Gasteiger partial charge in [0.1, 0.15) is 0 Å². The highest BCUT2D eigenvalue weighted by atomic mass is 32.2. The molecule has 2 N–H and O–H groups in total. The van der Waals surface area contributed by atoms with Crippen molar-refractivity contribution in [3.8, 4) is 0 Å². The van der Waals surface area contributed by atoms with Crippen molar-refractivity contribution in [2.75, 3.05) is 5.75 Å². The molecule has 1 rings (SSSR count). The van der Waals surface area contributed by atoms with Crippen LogP contribution in [0.3, 0.4) is 0 Å². The molecule has 14 heavy (non-hydrogen) atoms. The lowest BCUT2D eigenvalue weighted by molar-refractivity contribution is 0.539. The van der Waals surface area contributed by atoms with Crippen LogP contribution in [0.15, 0.2) is 0 Å². The highest BCUT2D eigenvalue weighted by Crippen LogP contribution is 2.27. The monoisotopic (exact) mass is 219 g/mol. The van der Waals surface area contributed by atoms with E-state index in [1.165, 1.54) is 12.8 Å². The fourth-order valence-electron chi connectivity index (χ4n) is 1.98. The lowest BCUT2D eigenvalue weighted by atomic mass is 10.1. The molecule has 0 saturated heterocycles. The van der Waals surface area contributed by atoms with E-state index in [9.17, 15) is 8.42 Å². The molecule has 0 amide bonds. The Bertz CT molecular complexity index is 266. The summed E-state index contributed by atoms with van der Waals surface area (Å²) in [4.78, 5) is 0. The van der Waals surface area contributed by atoms with Gasteiger partial charge in [0.15, 0.2) is 9.84 Å². The molecule has 0 radical (unpaired) electrons. The van der Waals surface area contributed by atoms with E-state index in [2.05, 4.69) is 0 Å². The summed E-state index contributed by atoms with van der Waals surface area (Å²) in [5, 5.41) is -0.400. The Morgan fingerprint density at radius 3 is 2.21 bits per heavy atom. The molecule has 84 valence electrons. The number of rotatable bonds is 4. The van der Waals surface area contributed by atoms with E-state index in [1.54, 1.807) is 13.8 Å². The van der Waals surface area contributed by atoms with Crippen LogP contribution < -0.4 is 5.73 Å². The van der Waals surface area contributed by atoms with Crippen LogP contribution in [-0.2, 0) is 9.84 Å². The van der Waals surface area contributed by atoms with Crippen LogP contribution in [-0.4, -0.2) is 25.5 Å². The molecule has 2 atom stereocenters. The molecular weight excluding hydrogens is 198 g/mol. The Kier molecular flexibility index (Phi) is 3.95. The van der Waals surface area contributed by atoms with E-state index in [4.69, 9.17) is 5.73 Å². The summed E-state index contributed by atoms with van der Waals surface area (Å²) in [5.74, 6) is 0.733. The third-order valence-electron chi connectivity index (χ3n) is 3.25. The normalized spacial score (nSPS) is 23.6. The minimum atomic E-state index is -2.97. The molecule has 1 aliphatic rings. The van der Waals surface area contributed by atoms with E-state index < -0.39 is 15.1 Å².